The molecule has 0 fully saturated rings. The molecule has 2 aromatic rings. The SMILES string of the molecule is C[Si](C)(C)CC(C#N)(Cn1cncn1)c1ccccc1Cl. The summed E-state index contributed by atoms with van der Waals surface area (Å²) in [7, 11) is -1.50. The van der Waals surface area contributed by atoms with Crippen LogP contribution in [0.3, 0.4) is 0 Å². The summed E-state index contributed by atoms with van der Waals surface area (Å²) < 4.78 is 1.71. The van der Waals surface area contributed by atoms with E-state index in [1.54, 1.807) is 11.0 Å². The second-order valence-electron chi connectivity index (χ2n) is 6.50. The van der Waals surface area contributed by atoms with Gasteiger partial charge >= 0.3 is 0 Å². The summed E-state index contributed by atoms with van der Waals surface area (Å²) in [6, 6.07) is 11.0. The van der Waals surface area contributed by atoms with E-state index in [2.05, 4.69) is 35.8 Å². The Bertz CT molecular complexity index is 642. The molecule has 0 amide bonds. The van der Waals surface area contributed by atoms with Crippen LogP contribution in [0.2, 0.25) is 30.7 Å². The molecular weight excluding hydrogens is 300 g/mol. The van der Waals surface area contributed by atoms with E-state index in [-0.39, 0.29) is 0 Å². The van der Waals surface area contributed by atoms with Crippen molar-refractivity contribution in [3.05, 3.63) is 47.5 Å². The van der Waals surface area contributed by atoms with Gasteiger partial charge in [0.1, 0.15) is 18.1 Å². The van der Waals surface area contributed by atoms with E-state index in [0.717, 1.165) is 11.6 Å². The molecule has 0 saturated carbocycles. The van der Waals surface area contributed by atoms with E-state index in [9.17, 15) is 5.26 Å². The molecule has 0 aliphatic rings. The van der Waals surface area contributed by atoms with Gasteiger partial charge in [0.05, 0.1) is 12.6 Å². The Morgan fingerprint density at radius 1 is 1.33 bits per heavy atom. The second kappa shape index (κ2) is 6.00. The maximum absolute atomic E-state index is 9.97. The molecule has 0 N–H and O–H groups in total. The maximum Gasteiger partial charge on any atom is 0.137 e. The minimum absolute atomic E-state index is 0.470. The molecule has 4 nitrogen and oxygen atoms in total. The molecule has 1 unspecified atom stereocenters. The normalized spacial score (nSPS) is 14.4. The van der Waals surface area contributed by atoms with Crippen molar-refractivity contribution in [3.63, 3.8) is 0 Å². The van der Waals surface area contributed by atoms with Gasteiger partial charge in [0, 0.05) is 13.1 Å². The Kier molecular flexibility index (Phi) is 4.50. The first kappa shape index (κ1) is 15.7. The van der Waals surface area contributed by atoms with Gasteiger partial charge in [-0.15, -0.1) is 0 Å². The molecular formula is C15H19ClN4Si. The lowest BCUT2D eigenvalue weighted by Crippen LogP contribution is -2.38. The van der Waals surface area contributed by atoms with Crippen LogP contribution >= 0.6 is 11.6 Å². The molecule has 1 heterocycles. The molecule has 6 heteroatoms. The zero-order chi connectivity index (χ0) is 15.5. The minimum Gasteiger partial charge on any atom is -0.251 e. The van der Waals surface area contributed by atoms with Crippen molar-refractivity contribution in [1.82, 2.24) is 14.8 Å². The zero-order valence-corrected chi connectivity index (χ0v) is 14.3. The highest BCUT2D eigenvalue weighted by atomic mass is 35.5. The summed E-state index contributed by atoms with van der Waals surface area (Å²) >= 11 is 6.38. The van der Waals surface area contributed by atoms with Crippen molar-refractivity contribution in [1.29, 1.82) is 5.26 Å². The Hall–Kier alpha value is -1.64. The lowest BCUT2D eigenvalue weighted by atomic mass is 9.83. The molecule has 1 aromatic heterocycles. The van der Waals surface area contributed by atoms with E-state index < -0.39 is 13.5 Å². The lowest BCUT2D eigenvalue weighted by molar-refractivity contribution is 0.456. The fraction of sp³-hybridized carbons (Fsp3) is 0.400. The van der Waals surface area contributed by atoms with Crippen molar-refractivity contribution in [3.8, 4) is 6.07 Å². The van der Waals surface area contributed by atoms with Gasteiger partial charge in [-0.3, -0.25) is 4.68 Å². The topological polar surface area (TPSA) is 54.5 Å². The number of hydrogen-bond donors (Lipinski definition) is 0. The summed E-state index contributed by atoms with van der Waals surface area (Å²) in [6.45, 7) is 7.25. The largest absolute Gasteiger partial charge is 0.251 e. The third kappa shape index (κ3) is 3.72. The quantitative estimate of drug-likeness (QED) is 0.789. The minimum atomic E-state index is -1.50. The molecule has 0 saturated heterocycles. The highest BCUT2D eigenvalue weighted by Gasteiger charge is 2.39. The molecule has 21 heavy (non-hydrogen) atoms. The van der Waals surface area contributed by atoms with Crippen LogP contribution in [0.25, 0.3) is 0 Å². The Morgan fingerprint density at radius 2 is 2.05 bits per heavy atom. The summed E-state index contributed by atoms with van der Waals surface area (Å²) in [5.74, 6) is 0. The molecule has 0 bridgehead atoms. The zero-order valence-electron chi connectivity index (χ0n) is 12.5. The molecule has 1 aromatic carbocycles. The average Bonchev–Trinajstić information content (AvgIpc) is 2.89. The first-order chi connectivity index (χ1) is 9.86. The first-order valence-electron chi connectivity index (χ1n) is 6.85. The highest BCUT2D eigenvalue weighted by Crippen LogP contribution is 2.38. The molecule has 0 aliphatic carbocycles. The first-order valence-corrected chi connectivity index (χ1v) is 10.9. The Morgan fingerprint density at radius 3 is 2.57 bits per heavy atom. The van der Waals surface area contributed by atoms with Crippen molar-refractivity contribution < 1.29 is 0 Å². The Labute approximate surface area is 131 Å². The summed E-state index contributed by atoms with van der Waals surface area (Å²) in [5, 5.41) is 14.8. The molecule has 1 atom stereocenters. The summed E-state index contributed by atoms with van der Waals surface area (Å²) in [5.41, 5.74) is 0.211. The smallest absolute Gasteiger partial charge is 0.137 e. The van der Waals surface area contributed by atoms with E-state index in [1.165, 1.54) is 6.33 Å². The van der Waals surface area contributed by atoms with Gasteiger partial charge in [0.25, 0.3) is 0 Å². The fourth-order valence-corrected chi connectivity index (χ4v) is 5.23. The number of rotatable bonds is 5. The lowest BCUT2D eigenvalue weighted by Gasteiger charge is -2.33. The number of nitriles is 1. The van der Waals surface area contributed by atoms with E-state index in [4.69, 9.17) is 11.6 Å². The van der Waals surface area contributed by atoms with Crippen molar-refractivity contribution >= 4 is 19.7 Å². The maximum atomic E-state index is 9.97. The van der Waals surface area contributed by atoms with Crippen LogP contribution < -0.4 is 0 Å². The van der Waals surface area contributed by atoms with E-state index in [1.807, 2.05) is 24.3 Å². The van der Waals surface area contributed by atoms with Crippen molar-refractivity contribution in [2.75, 3.05) is 0 Å². The van der Waals surface area contributed by atoms with Gasteiger partial charge in [-0.25, -0.2) is 4.98 Å². The van der Waals surface area contributed by atoms with Crippen LogP contribution in [-0.2, 0) is 12.0 Å². The van der Waals surface area contributed by atoms with Gasteiger partial charge < -0.3 is 0 Å². The number of halogens is 1. The van der Waals surface area contributed by atoms with Crippen molar-refractivity contribution in [2.24, 2.45) is 0 Å². The van der Waals surface area contributed by atoms with Gasteiger partial charge in [0.15, 0.2) is 0 Å². The Balaban J connectivity index is 2.52. The highest BCUT2D eigenvalue weighted by molar-refractivity contribution is 6.76. The molecule has 110 valence electrons. The van der Waals surface area contributed by atoms with Crippen LogP contribution in [0.4, 0.5) is 0 Å². The molecule has 0 aliphatic heterocycles. The predicted molar refractivity (Wildman–Crippen MR) is 86.9 cm³/mol. The number of benzene rings is 1. The molecule has 0 spiro atoms. The average molecular weight is 319 g/mol. The fourth-order valence-electron chi connectivity index (χ4n) is 2.72. The van der Waals surface area contributed by atoms with Crippen LogP contribution in [-0.4, -0.2) is 22.8 Å². The van der Waals surface area contributed by atoms with Crippen LogP contribution in [0, 0.1) is 11.3 Å². The van der Waals surface area contributed by atoms with Gasteiger partial charge in [0.2, 0.25) is 0 Å². The molecule has 2 rings (SSSR count). The van der Waals surface area contributed by atoms with Gasteiger partial charge in [-0.1, -0.05) is 49.4 Å². The van der Waals surface area contributed by atoms with Crippen LogP contribution in [0.15, 0.2) is 36.9 Å². The van der Waals surface area contributed by atoms with Crippen LogP contribution in [0.5, 0.6) is 0 Å². The van der Waals surface area contributed by atoms with Gasteiger partial charge in [-0.05, 0) is 17.7 Å². The third-order valence-electron chi connectivity index (χ3n) is 3.33. The van der Waals surface area contributed by atoms with Crippen LogP contribution in [0.1, 0.15) is 5.56 Å². The number of nitrogens with zero attached hydrogens (tertiary/aromatic N) is 4. The number of hydrogen-bond acceptors (Lipinski definition) is 3. The predicted octanol–water partition coefficient (Wildman–Crippen LogP) is 3.73. The molecule has 0 radical (unpaired) electrons. The third-order valence-corrected chi connectivity index (χ3v) is 5.33. The van der Waals surface area contributed by atoms with Crippen molar-refractivity contribution in [2.45, 2.75) is 37.6 Å². The van der Waals surface area contributed by atoms with E-state index in [0.29, 0.717) is 11.6 Å². The summed E-state index contributed by atoms with van der Waals surface area (Å²) in [6.07, 6.45) is 3.14. The second-order valence-corrected chi connectivity index (χ2v) is 12.4. The standard InChI is InChI=1S/C15H19ClN4Si/c1-21(2,3)10-15(8-17,9-20-12-18-11-19-20)13-6-4-5-7-14(13)16/h4-7,11-12H,9-10H2,1-3H3. The van der Waals surface area contributed by atoms with Gasteiger partial charge in [-0.2, -0.15) is 10.4 Å². The monoisotopic (exact) mass is 318 g/mol. The number of aromatic nitrogens is 3. The summed E-state index contributed by atoms with van der Waals surface area (Å²) in [4.78, 5) is 3.97. The van der Waals surface area contributed by atoms with E-state index >= 15 is 0 Å².